The van der Waals surface area contributed by atoms with Gasteiger partial charge in [0.05, 0.1) is 0 Å². The van der Waals surface area contributed by atoms with Gasteiger partial charge in [-0.15, -0.1) is 40.7 Å². The molecule has 4 saturated carbocycles. The molecular formula is C44H56FeN2P2-6. The van der Waals surface area contributed by atoms with Crippen molar-refractivity contribution in [3.8, 4) is 22.3 Å². The van der Waals surface area contributed by atoms with Crippen LogP contribution in [-0.2, 0) is 27.6 Å². The molecule has 4 bridgehead atoms. The zero-order chi connectivity index (χ0) is 32.6. The summed E-state index contributed by atoms with van der Waals surface area (Å²) in [7, 11) is 7.00. The van der Waals surface area contributed by atoms with Gasteiger partial charge >= 0.3 is 0 Å². The normalized spacial score (nSPS) is 31.6. The van der Waals surface area contributed by atoms with Crippen LogP contribution in [0.1, 0.15) is 68.9 Å². The molecule has 5 heteroatoms. The predicted octanol–water partition coefficient (Wildman–Crippen LogP) is 9.78. The van der Waals surface area contributed by atoms with Gasteiger partial charge in [0.2, 0.25) is 0 Å². The molecule has 0 radical (unpaired) electrons. The Labute approximate surface area is 311 Å². The Morgan fingerprint density at radius 1 is 0.714 bits per heavy atom. The Morgan fingerprint density at radius 3 is 1.65 bits per heavy atom. The molecule has 0 amide bonds. The van der Waals surface area contributed by atoms with E-state index in [4.69, 9.17) is 0 Å². The number of hydrogen-bond donors (Lipinski definition) is 2. The summed E-state index contributed by atoms with van der Waals surface area (Å²) >= 11 is 0. The fraction of sp³-hybridized carbons (Fsp3) is 0.500. The molecular weight excluding hydrogens is 674 g/mol. The van der Waals surface area contributed by atoms with Crippen LogP contribution in [0, 0.1) is 35.5 Å². The fourth-order valence-electron chi connectivity index (χ4n) is 11.6. The molecule has 6 aliphatic rings. The first-order valence-corrected chi connectivity index (χ1v) is 20.5. The summed E-state index contributed by atoms with van der Waals surface area (Å²) in [6, 6.07) is 35.7. The molecule has 4 unspecified atom stereocenters. The molecule has 2 heterocycles. The van der Waals surface area contributed by atoms with Gasteiger partial charge in [0, 0.05) is 22.2 Å². The molecule has 49 heavy (non-hydrogen) atoms. The summed E-state index contributed by atoms with van der Waals surface area (Å²) in [4.78, 5) is 0. The third kappa shape index (κ3) is 6.54. The van der Waals surface area contributed by atoms with Gasteiger partial charge in [0.25, 0.3) is 0 Å². The van der Waals surface area contributed by atoms with Crippen LogP contribution < -0.4 is 10.6 Å². The second-order valence-electron chi connectivity index (χ2n) is 16.0. The average Bonchev–Trinajstić information content (AvgIpc) is 3.87. The number of hydrogen-bond acceptors (Lipinski definition) is 2. The largest absolute Gasteiger partial charge is 0.748 e. The van der Waals surface area contributed by atoms with Crippen LogP contribution in [0.15, 0.2) is 97.1 Å². The molecule has 4 aromatic rings. The Bertz CT molecular complexity index is 1540. The average molecular weight is 731 g/mol. The molecule has 4 atom stereocenters. The first kappa shape index (κ1) is 35.8. The van der Waals surface area contributed by atoms with Crippen LogP contribution in [0.4, 0.5) is 0 Å². The first-order valence-electron chi connectivity index (χ1n) is 19.2. The van der Waals surface area contributed by atoms with Gasteiger partial charge in [0.1, 0.15) is 0 Å². The van der Waals surface area contributed by atoms with Gasteiger partial charge in [-0.25, -0.2) is 0 Å². The van der Waals surface area contributed by atoms with Crippen molar-refractivity contribution in [2.24, 2.45) is 35.5 Å². The SMILES string of the molecule is PCC1([c-]2c(C(P)(C3CCCNC3)C3CCCNC3)cc(-c3ccccc3)c2-c2ccccc2)C2CC3CC(C2)CC1C3.[Fe].[cH-]1[cH-][cH-][cH-][cH-]1. The zero-order valence-electron chi connectivity index (χ0n) is 29.1. The van der Waals surface area contributed by atoms with Crippen molar-refractivity contribution < 1.29 is 17.1 Å². The third-order valence-corrected chi connectivity index (χ3v) is 15.5. The minimum Gasteiger partial charge on any atom is -0.748 e. The van der Waals surface area contributed by atoms with Crippen LogP contribution >= 0.6 is 18.5 Å². The van der Waals surface area contributed by atoms with Gasteiger partial charge in [-0.3, -0.25) is 0 Å². The van der Waals surface area contributed by atoms with Gasteiger partial charge in [0.15, 0.2) is 0 Å². The van der Waals surface area contributed by atoms with E-state index >= 15 is 0 Å². The Balaban J connectivity index is 0.000000581. The molecule has 6 fully saturated rings. The van der Waals surface area contributed by atoms with E-state index < -0.39 is 0 Å². The van der Waals surface area contributed by atoms with Crippen molar-refractivity contribution >= 4 is 18.5 Å². The van der Waals surface area contributed by atoms with Gasteiger partial charge in [-0.05, 0) is 131 Å². The van der Waals surface area contributed by atoms with E-state index in [1.807, 2.05) is 30.3 Å². The van der Waals surface area contributed by atoms with Gasteiger partial charge in [-0.1, -0.05) is 71.8 Å². The van der Waals surface area contributed by atoms with Crippen LogP contribution in [-0.4, -0.2) is 32.3 Å². The van der Waals surface area contributed by atoms with Crippen LogP contribution in [0.25, 0.3) is 22.3 Å². The Hall–Kier alpha value is -1.56. The fourth-order valence-corrected chi connectivity index (χ4v) is 13.3. The topological polar surface area (TPSA) is 24.1 Å². The van der Waals surface area contributed by atoms with Crippen LogP contribution in [0.5, 0.6) is 0 Å². The van der Waals surface area contributed by atoms with Crippen LogP contribution in [0.2, 0.25) is 0 Å². The Morgan fingerprint density at radius 2 is 1.20 bits per heavy atom. The molecule has 10 rings (SSSR count). The summed E-state index contributed by atoms with van der Waals surface area (Å²) in [5.74, 6) is 4.79. The number of piperidine rings is 2. The zero-order valence-corrected chi connectivity index (χ0v) is 32.5. The van der Waals surface area contributed by atoms with E-state index in [1.54, 1.807) is 16.7 Å². The summed E-state index contributed by atoms with van der Waals surface area (Å²) in [5, 5.41) is 7.79. The van der Waals surface area contributed by atoms with Crippen LogP contribution in [0.3, 0.4) is 0 Å². The maximum absolute atomic E-state index is 3.87. The Kier molecular flexibility index (Phi) is 11.4. The molecule has 4 aliphatic carbocycles. The molecule has 4 aromatic carbocycles. The number of benzene rings is 2. The molecule has 2 N–H and O–H groups in total. The van der Waals surface area contributed by atoms with Crippen molar-refractivity contribution in [3.05, 3.63) is 108 Å². The monoisotopic (exact) mass is 730 g/mol. The van der Waals surface area contributed by atoms with Crippen molar-refractivity contribution in [3.63, 3.8) is 0 Å². The first-order chi connectivity index (χ1) is 23.6. The predicted molar refractivity (Wildman–Crippen MR) is 211 cm³/mol. The van der Waals surface area contributed by atoms with Crippen molar-refractivity contribution in [1.29, 1.82) is 0 Å². The van der Waals surface area contributed by atoms with E-state index in [0.29, 0.717) is 11.8 Å². The minimum absolute atomic E-state index is 0. The molecule has 2 nitrogen and oxygen atoms in total. The second kappa shape index (κ2) is 15.6. The smallest absolute Gasteiger partial charge is 0.000591 e. The van der Waals surface area contributed by atoms with E-state index in [0.717, 1.165) is 36.8 Å². The van der Waals surface area contributed by atoms with E-state index in [2.05, 4.69) is 95.8 Å². The molecule has 0 aromatic heterocycles. The molecule has 2 aliphatic heterocycles. The number of nitrogens with one attached hydrogen (secondary N) is 2. The summed E-state index contributed by atoms with van der Waals surface area (Å²) in [6.45, 7) is 4.61. The second-order valence-corrected chi connectivity index (χ2v) is 17.3. The molecule has 2 saturated heterocycles. The van der Waals surface area contributed by atoms with Crippen molar-refractivity contribution in [2.75, 3.05) is 32.3 Å². The van der Waals surface area contributed by atoms with Gasteiger partial charge < -0.3 is 41.0 Å². The van der Waals surface area contributed by atoms with Gasteiger partial charge in [-0.2, -0.15) is 6.07 Å². The van der Waals surface area contributed by atoms with Crippen molar-refractivity contribution in [1.82, 2.24) is 10.6 Å². The van der Waals surface area contributed by atoms with E-state index in [-0.39, 0.29) is 27.6 Å². The third-order valence-electron chi connectivity index (χ3n) is 13.6. The molecule has 266 valence electrons. The minimum atomic E-state index is 0. The summed E-state index contributed by atoms with van der Waals surface area (Å²) in [5.41, 5.74) is 9.55. The molecule has 0 spiro atoms. The maximum Gasteiger partial charge on any atom is 0.000591 e. The van der Waals surface area contributed by atoms with E-state index in [1.165, 1.54) is 93.7 Å². The quantitative estimate of drug-likeness (QED) is 0.112. The number of rotatable bonds is 7. The summed E-state index contributed by atoms with van der Waals surface area (Å²) in [6.07, 6.45) is 13.7. The van der Waals surface area contributed by atoms with E-state index in [9.17, 15) is 0 Å². The van der Waals surface area contributed by atoms with Crippen molar-refractivity contribution in [2.45, 2.75) is 68.4 Å². The standard InChI is InChI=1S/C39H51N2P2.C5H5.Fe/c42-25-38(32-18-26-17-27(20-32)21-33(38)19-26)37-35(39(43,30-13-7-15-40-23-30)31-14-8-16-41-24-31)22-34(28-9-3-1-4-10-28)36(37)29-11-5-2-6-12-29;1-2-4-5-3-1;/h1-6,9-12,22,26-27,30-33,40-41H,7-8,13-21,23-25,42-43H2;1-5H;/q-1;-5;. The maximum atomic E-state index is 3.87. The summed E-state index contributed by atoms with van der Waals surface area (Å²) < 4.78 is 0.